The van der Waals surface area contributed by atoms with Gasteiger partial charge in [0, 0.05) is 0 Å². The van der Waals surface area contributed by atoms with Crippen LogP contribution in [0.5, 0.6) is 0 Å². The number of aliphatic hydroxyl groups is 1. The highest BCUT2D eigenvalue weighted by molar-refractivity contribution is 7.93. The lowest BCUT2D eigenvalue weighted by atomic mass is 9.82. The second kappa shape index (κ2) is 4.67. The molecule has 2 fully saturated rings. The van der Waals surface area contributed by atoms with E-state index >= 15 is 0 Å². The van der Waals surface area contributed by atoms with Crippen LogP contribution in [0, 0.1) is 11.8 Å². The van der Waals surface area contributed by atoms with Crippen molar-refractivity contribution in [1.29, 1.82) is 0 Å². The molecule has 2 rings (SSSR count). The Balaban J connectivity index is 2.46. The SMILES string of the molecule is CCC(C)[C@H](O)[C@@H]1C(=O)N2[C@@H](C(=O)O)C(C)(C)S(=O)(=O)[C@H]12. The van der Waals surface area contributed by atoms with Gasteiger partial charge in [0.05, 0.1) is 16.8 Å². The monoisotopic (exact) mass is 319 g/mol. The average molecular weight is 319 g/mol. The highest BCUT2D eigenvalue weighted by Crippen LogP contribution is 2.50. The Bertz CT molecular complexity index is 583. The van der Waals surface area contributed by atoms with E-state index in [2.05, 4.69) is 0 Å². The van der Waals surface area contributed by atoms with E-state index in [0.29, 0.717) is 6.42 Å². The molecule has 2 N–H and O–H groups in total. The van der Waals surface area contributed by atoms with Gasteiger partial charge in [-0.25, -0.2) is 13.2 Å². The van der Waals surface area contributed by atoms with Crippen LogP contribution in [-0.2, 0) is 19.4 Å². The molecule has 0 aromatic rings. The summed E-state index contributed by atoms with van der Waals surface area (Å²) in [5.74, 6) is -3.22. The van der Waals surface area contributed by atoms with Gasteiger partial charge in [-0.3, -0.25) is 4.79 Å². The summed E-state index contributed by atoms with van der Waals surface area (Å²) < 4.78 is 23.6. The topological polar surface area (TPSA) is 112 Å². The molecule has 2 aliphatic rings. The van der Waals surface area contributed by atoms with Crippen molar-refractivity contribution in [3.8, 4) is 0 Å². The van der Waals surface area contributed by atoms with Gasteiger partial charge in [0.25, 0.3) is 0 Å². The first-order valence-corrected chi connectivity index (χ1v) is 8.51. The maximum absolute atomic E-state index is 12.6. The number of β-lactam (4-membered cyclic amide) rings is 1. The Morgan fingerprint density at radius 3 is 2.38 bits per heavy atom. The molecular weight excluding hydrogens is 298 g/mol. The van der Waals surface area contributed by atoms with Crippen molar-refractivity contribution in [2.75, 3.05) is 0 Å². The minimum Gasteiger partial charge on any atom is -0.480 e. The zero-order chi connectivity index (χ0) is 16.3. The Morgan fingerprint density at radius 2 is 1.95 bits per heavy atom. The molecule has 2 aliphatic heterocycles. The van der Waals surface area contributed by atoms with Crippen LogP contribution in [-0.4, -0.2) is 57.7 Å². The number of amides is 1. The predicted octanol–water partition coefficient (Wildman–Crippen LogP) is -0.162. The lowest BCUT2D eigenvalue weighted by Crippen LogP contribution is -2.67. The van der Waals surface area contributed by atoms with Crippen LogP contribution in [0.2, 0.25) is 0 Å². The number of hydrogen-bond donors (Lipinski definition) is 2. The summed E-state index contributed by atoms with van der Waals surface area (Å²) in [6.45, 7) is 6.21. The molecular formula is C13H21NO6S. The minimum atomic E-state index is -3.86. The highest BCUT2D eigenvalue weighted by Gasteiger charge is 2.73. The fraction of sp³-hybridized carbons (Fsp3) is 0.846. The third-order valence-electron chi connectivity index (χ3n) is 4.94. The summed E-state index contributed by atoms with van der Waals surface area (Å²) >= 11 is 0. The molecule has 0 saturated carbocycles. The number of aliphatic carboxylic acids is 1. The first kappa shape index (κ1) is 16.2. The molecule has 5 atom stereocenters. The lowest BCUT2D eigenvalue weighted by Gasteiger charge is -2.45. The molecule has 8 heteroatoms. The van der Waals surface area contributed by atoms with Crippen LogP contribution in [0.25, 0.3) is 0 Å². The molecule has 0 aliphatic carbocycles. The number of nitrogens with zero attached hydrogens (tertiary/aromatic N) is 1. The van der Waals surface area contributed by atoms with Gasteiger partial charge in [-0.2, -0.15) is 0 Å². The normalized spacial score (nSPS) is 35.8. The number of carbonyl (C=O) groups is 2. The standard InChI is InChI=1S/C13H21NO6S/c1-5-6(2)8(15)7-10(16)14-9(12(17)18)13(3,4)21(19,20)11(7)14/h6-9,11,15H,5H2,1-4H3,(H,17,18)/t6?,7-,8+,9+,11-/m1/s1. The van der Waals surface area contributed by atoms with E-state index in [1.807, 2.05) is 6.92 Å². The second-order valence-electron chi connectivity index (χ2n) is 6.43. The predicted molar refractivity (Wildman–Crippen MR) is 74.0 cm³/mol. The Hall–Kier alpha value is -1.15. The Morgan fingerprint density at radius 1 is 1.43 bits per heavy atom. The van der Waals surface area contributed by atoms with Crippen molar-refractivity contribution >= 4 is 21.7 Å². The quantitative estimate of drug-likeness (QED) is 0.696. The van der Waals surface area contributed by atoms with Gasteiger partial charge in [0.1, 0.15) is 11.4 Å². The average Bonchev–Trinajstić information content (AvgIpc) is 2.51. The molecule has 120 valence electrons. The number of hydrogen-bond acceptors (Lipinski definition) is 5. The number of aliphatic hydroxyl groups excluding tert-OH is 1. The summed E-state index contributed by atoms with van der Waals surface area (Å²) in [7, 11) is -3.86. The van der Waals surface area contributed by atoms with Crippen molar-refractivity contribution in [3.05, 3.63) is 0 Å². The van der Waals surface area contributed by atoms with Gasteiger partial charge in [0.2, 0.25) is 5.91 Å². The molecule has 0 spiro atoms. The Kier molecular flexibility index (Phi) is 3.61. The first-order valence-electron chi connectivity index (χ1n) is 6.96. The van der Waals surface area contributed by atoms with E-state index in [-0.39, 0.29) is 5.92 Å². The zero-order valence-corrected chi connectivity index (χ0v) is 13.3. The van der Waals surface area contributed by atoms with E-state index < -0.39 is 49.9 Å². The molecule has 0 bridgehead atoms. The molecule has 21 heavy (non-hydrogen) atoms. The summed E-state index contributed by atoms with van der Waals surface area (Å²) in [6, 6.07) is -1.40. The number of sulfone groups is 1. The van der Waals surface area contributed by atoms with Gasteiger partial charge < -0.3 is 15.1 Å². The van der Waals surface area contributed by atoms with Gasteiger partial charge in [-0.1, -0.05) is 20.3 Å². The van der Waals surface area contributed by atoms with Crippen LogP contribution < -0.4 is 0 Å². The van der Waals surface area contributed by atoms with Crippen LogP contribution in [0.1, 0.15) is 34.1 Å². The van der Waals surface area contributed by atoms with Crippen molar-refractivity contribution in [2.45, 2.75) is 56.4 Å². The zero-order valence-electron chi connectivity index (χ0n) is 12.5. The smallest absolute Gasteiger partial charge is 0.328 e. The van der Waals surface area contributed by atoms with Crippen molar-refractivity contribution in [1.82, 2.24) is 4.90 Å². The van der Waals surface area contributed by atoms with Crippen LogP contribution >= 0.6 is 0 Å². The minimum absolute atomic E-state index is 0.233. The maximum Gasteiger partial charge on any atom is 0.328 e. The molecule has 0 radical (unpaired) electrons. The van der Waals surface area contributed by atoms with E-state index in [0.717, 1.165) is 4.90 Å². The van der Waals surface area contributed by atoms with Crippen molar-refractivity contribution in [2.24, 2.45) is 11.8 Å². The molecule has 7 nitrogen and oxygen atoms in total. The van der Waals surface area contributed by atoms with Gasteiger partial charge in [-0.15, -0.1) is 0 Å². The maximum atomic E-state index is 12.6. The van der Waals surface area contributed by atoms with Gasteiger partial charge in [0.15, 0.2) is 9.84 Å². The molecule has 2 saturated heterocycles. The number of carbonyl (C=O) groups excluding carboxylic acids is 1. The first-order chi connectivity index (χ1) is 9.50. The summed E-state index contributed by atoms with van der Waals surface area (Å²) in [4.78, 5) is 24.5. The van der Waals surface area contributed by atoms with Gasteiger partial charge in [-0.05, 0) is 19.8 Å². The lowest BCUT2D eigenvalue weighted by molar-refractivity contribution is -0.170. The van der Waals surface area contributed by atoms with Crippen LogP contribution in [0.4, 0.5) is 0 Å². The van der Waals surface area contributed by atoms with Crippen molar-refractivity contribution < 1.29 is 28.2 Å². The van der Waals surface area contributed by atoms with E-state index in [1.165, 1.54) is 13.8 Å². The third-order valence-corrected chi connectivity index (χ3v) is 7.78. The van der Waals surface area contributed by atoms with Crippen LogP contribution in [0.15, 0.2) is 0 Å². The summed E-state index contributed by atoms with van der Waals surface area (Å²) in [5, 5.41) is 18.3. The number of carboxylic acid groups (broad SMARTS) is 1. The summed E-state index contributed by atoms with van der Waals surface area (Å²) in [6.07, 6.45) is -0.481. The molecule has 1 amide bonds. The largest absolute Gasteiger partial charge is 0.480 e. The van der Waals surface area contributed by atoms with Gasteiger partial charge >= 0.3 is 5.97 Å². The fourth-order valence-electron chi connectivity index (χ4n) is 3.26. The highest BCUT2D eigenvalue weighted by atomic mass is 32.2. The van der Waals surface area contributed by atoms with E-state index in [9.17, 15) is 28.2 Å². The summed E-state index contributed by atoms with van der Waals surface area (Å²) in [5.41, 5.74) is 0. The Labute approximate surface area is 123 Å². The van der Waals surface area contributed by atoms with Crippen molar-refractivity contribution in [3.63, 3.8) is 0 Å². The fourth-order valence-corrected chi connectivity index (χ4v) is 5.59. The molecule has 1 unspecified atom stereocenters. The molecule has 0 aromatic heterocycles. The molecule has 2 heterocycles. The van der Waals surface area contributed by atoms with E-state index in [4.69, 9.17) is 0 Å². The second-order valence-corrected chi connectivity index (χ2v) is 9.05. The number of rotatable bonds is 4. The number of fused-ring (bicyclic) bond motifs is 1. The molecule has 0 aromatic carbocycles. The third kappa shape index (κ3) is 1.85. The van der Waals surface area contributed by atoms with Crippen LogP contribution in [0.3, 0.4) is 0 Å². The number of carboxylic acids is 1. The van der Waals surface area contributed by atoms with E-state index in [1.54, 1.807) is 6.92 Å².